The average molecular weight is 882 g/mol. The lowest BCUT2D eigenvalue weighted by Crippen LogP contribution is -2.48. The number of anilines is 2. The van der Waals surface area contributed by atoms with Crippen LogP contribution >= 0.6 is 34.8 Å². The van der Waals surface area contributed by atoms with Gasteiger partial charge in [0.05, 0.1) is 29.4 Å². The molecule has 0 aliphatic carbocycles. The molecule has 1 atom stereocenters. The van der Waals surface area contributed by atoms with E-state index in [1.54, 1.807) is 29.6 Å². The highest BCUT2D eigenvalue weighted by Gasteiger charge is 2.34. The van der Waals surface area contributed by atoms with Crippen molar-refractivity contribution in [2.45, 2.75) is 64.6 Å². The number of carbonyl (C=O) groups is 3. The zero-order valence-corrected chi connectivity index (χ0v) is 36.7. The molecule has 2 N–H and O–H groups in total. The van der Waals surface area contributed by atoms with Crippen molar-refractivity contribution in [2.24, 2.45) is 0 Å². The first kappa shape index (κ1) is 42.1. The van der Waals surface area contributed by atoms with Crippen LogP contribution in [0.1, 0.15) is 69.1 Å². The van der Waals surface area contributed by atoms with Gasteiger partial charge in [-0.1, -0.05) is 77.3 Å². The number of carbonyl (C=O) groups excluding carboxylic acids is 3. The summed E-state index contributed by atoms with van der Waals surface area (Å²) < 4.78 is 7.62. The molecule has 15 heteroatoms. The Labute approximate surface area is 369 Å². The first-order valence-electron chi connectivity index (χ1n) is 20.4. The van der Waals surface area contributed by atoms with Gasteiger partial charge < -0.3 is 34.3 Å². The Kier molecular flexibility index (Phi) is 12.0. The summed E-state index contributed by atoms with van der Waals surface area (Å²) in [6.45, 7) is 9.97. The van der Waals surface area contributed by atoms with Crippen molar-refractivity contribution in [3.63, 3.8) is 0 Å². The number of amides is 3. The number of rotatable bonds is 8. The molecule has 2 saturated heterocycles. The van der Waals surface area contributed by atoms with Crippen molar-refractivity contribution < 1.29 is 19.1 Å². The lowest BCUT2D eigenvalue weighted by atomic mass is 9.99. The van der Waals surface area contributed by atoms with E-state index in [2.05, 4.69) is 15.2 Å². The molecule has 2 aliphatic rings. The van der Waals surface area contributed by atoms with E-state index in [9.17, 15) is 14.4 Å². The minimum Gasteiger partial charge on any atom is -0.444 e. The first-order valence-corrected chi connectivity index (χ1v) is 21.6. The van der Waals surface area contributed by atoms with Crippen LogP contribution in [0.2, 0.25) is 15.1 Å². The zero-order chi connectivity index (χ0) is 43.0. The Morgan fingerprint density at radius 3 is 2.36 bits per heavy atom. The molecule has 8 rings (SSSR count). The van der Waals surface area contributed by atoms with Gasteiger partial charge in [-0.2, -0.15) is 0 Å². The number of pyridine rings is 1. The van der Waals surface area contributed by atoms with E-state index in [0.29, 0.717) is 100 Å². The van der Waals surface area contributed by atoms with Crippen LogP contribution < -0.4 is 10.2 Å². The van der Waals surface area contributed by atoms with Crippen LogP contribution in [0.15, 0.2) is 91.4 Å². The number of hydrogen-bond acceptors (Lipinski definition) is 7. The monoisotopic (exact) mass is 880 g/mol. The van der Waals surface area contributed by atoms with E-state index in [-0.39, 0.29) is 30.3 Å². The fourth-order valence-electron chi connectivity index (χ4n) is 8.34. The van der Waals surface area contributed by atoms with Crippen molar-refractivity contribution in [3.05, 3.63) is 118 Å². The Morgan fingerprint density at radius 2 is 1.62 bits per heavy atom. The van der Waals surface area contributed by atoms with Crippen LogP contribution in [-0.2, 0) is 9.53 Å². The summed E-state index contributed by atoms with van der Waals surface area (Å²) in [6.07, 6.45) is 4.76. The Bertz CT molecular complexity index is 2600. The van der Waals surface area contributed by atoms with Crippen LogP contribution in [0.5, 0.6) is 0 Å². The third-order valence-corrected chi connectivity index (χ3v) is 12.1. The molecule has 0 radical (unpaired) electrons. The van der Waals surface area contributed by atoms with Crippen LogP contribution in [0.3, 0.4) is 0 Å². The molecule has 6 aromatic rings. The predicted octanol–water partition coefficient (Wildman–Crippen LogP) is 10.4. The SMILES string of the molecule is C[C@@H](c1ccc(Cl)cc1Cl)n1cnc(-c2ccccc2)c1-c1c(C(=O)Nc2cccnc2N2CCC(N3CCN(C(=O)OC(C)(C)C)CCC3=O)CC2)[nH]c2cc(Cl)ccc12. The van der Waals surface area contributed by atoms with E-state index in [4.69, 9.17) is 49.5 Å². The summed E-state index contributed by atoms with van der Waals surface area (Å²) in [5.41, 5.74) is 4.70. The molecule has 316 valence electrons. The quantitative estimate of drug-likeness (QED) is 0.156. The highest BCUT2D eigenvalue weighted by atomic mass is 35.5. The lowest BCUT2D eigenvalue weighted by Gasteiger charge is -2.39. The largest absolute Gasteiger partial charge is 0.444 e. The number of hydrogen-bond donors (Lipinski definition) is 2. The van der Waals surface area contributed by atoms with Crippen LogP contribution in [0, 0.1) is 0 Å². The second-order valence-electron chi connectivity index (χ2n) is 16.5. The lowest BCUT2D eigenvalue weighted by molar-refractivity contribution is -0.133. The maximum atomic E-state index is 14.8. The Hall–Kier alpha value is -5.56. The molecule has 61 heavy (non-hydrogen) atoms. The van der Waals surface area contributed by atoms with E-state index in [0.717, 1.165) is 16.5 Å². The number of nitrogens with one attached hydrogen (secondary N) is 2. The van der Waals surface area contributed by atoms with Crippen molar-refractivity contribution in [1.29, 1.82) is 0 Å². The van der Waals surface area contributed by atoms with Gasteiger partial charge in [0.15, 0.2) is 5.82 Å². The maximum Gasteiger partial charge on any atom is 0.410 e. The molecule has 3 aromatic carbocycles. The van der Waals surface area contributed by atoms with Gasteiger partial charge in [0.1, 0.15) is 11.3 Å². The summed E-state index contributed by atoms with van der Waals surface area (Å²) in [5, 5.41) is 5.54. The fraction of sp³-hybridized carbons (Fsp3) is 0.326. The molecule has 2 aliphatic heterocycles. The van der Waals surface area contributed by atoms with Gasteiger partial charge >= 0.3 is 6.09 Å². The van der Waals surface area contributed by atoms with Crippen LogP contribution in [0.25, 0.3) is 33.4 Å². The Balaban J connectivity index is 1.09. The number of piperidine rings is 1. The zero-order valence-electron chi connectivity index (χ0n) is 34.4. The second kappa shape index (κ2) is 17.4. The van der Waals surface area contributed by atoms with Gasteiger partial charge in [-0.3, -0.25) is 9.59 Å². The third kappa shape index (κ3) is 8.94. The van der Waals surface area contributed by atoms with Gasteiger partial charge in [-0.25, -0.2) is 14.8 Å². The second-order valence-corrected chi connectivity index (χ2v) is 17.8. The smallest absolute Gasteiger partial charge is 0.410 e. The normalized spacial score (nSPS) is 15.9. The molecule has 0 bridgehead atoms. The Morgan fingerprint density at radius 1 is 0.885 bits per heavy atom. The number of aromatic nitrogens is 4. The molecular weight excluding hydrogens is 835 g/mol. The van der Waals surface area contributed by atoms with Gasteiger partial charge in [-0.05, 0) is 82.5 Å². The van der Waals surface area contributed by atoms with Crippen LogP contribution in [-0.4, -0.2) is 91.6 Å². The molecule has 0 spiro atoms. The van der Waals surface area contributed by atoms with E-state index in [1.165, 1.54) is 0 Å². The molecule has 5 heterocycles. The van der Waals surface area contributed by atoms with Gasteiger partial charge in [0.2, 0.25) is 5.91 Å². The van der Waals surface area contributed by atoms with E-state index in [1.807, 2.05) is 104 Å². The van der Waals surface area contributed by atoms with Crippen molar-refractivity contribution in [1.82, 2.24) is 29.3 Å². The number of nitrogens with zero attached hydrogens (tertiary/aromatic N) is 6. The number of H-pyrrole nitrogens is 1. The van der Waals surface area contributed by atoms with Crippen molar-refractivity contribution in [2.75, 3.05) is 42.9 Å². The number of halogens is 3. The summed E-state index contributed by atoms with van der Waals surface area (Å²) in [4.78, 5) is 59.7. The summed E-state index contributed by atoms with van der Waals surface area (Å²) in [5.74, 6) is 0.294. The number of ether oxygens (including phenoxy) is 1. The highest BCUT2D eigenvalue weighted by Crippen LogP contribution is 2.42. The van der Waals surface area contributed by atoms with Crippen molar-refractivity contribution >= 4 is 75.1 Å². The minimum absolute atomic E-state index is 0.0126. The maximum absolute atomic E-state index is 14.8. The van der Waals surface area contributed by atoms with E-state index < -0.39 is 11.7 Å². The third-order valence-electron chi connectivity index (χ3n) is 11.3. The summed E-state index contributed by atoms with van der Waals surface area (Å²) in [7, 11) is 0. The summed E-state index contributed by atoms with van der Waals surface area (Å²) >= 11 is 19.6. The molecule has 3 amide bonds. The van der Waals surface area contributed by atoms with Crippen molar-refractivity contribution in [3.8, 4) is 22.5 Å². The summed E-state index contributed by atoms with van der Waals surface area (Å²) in [6, 6.07) is 24.2. The standard InChI is InChI=1S/C46H47Cl3N8O4/c1-28(33-14-12-30(47)25-35(33)49)57-27-51-40(29-9-6-5-7-10-29)42(57)39-34-15-13-31(48)26-37(34)52-41(39)44(59)53-36-11-8-19-50-43(36)54-20-16-32(17-21-54)56-24-23-55(22-18-38(56)58)45(60)61-46(2,3)4/h5-15,19,25-28,32,52H,16-18,20-24H2,1-4H3,(H,53,59)/t28-/m0/s1. The molecule has 12 nitrogen and oxygen atoms in total. The molecule has 0 saturated carbocycles. The number of imidazole rings is 1. The first-order chi connectivity index (χ1) is 29.3. The average Bonchev–Trinajstić information content (AvgIpc) is 3.77. The molecule has 3 aromatic heterocycles. The molecular formula is C46H47Cl3N8O4. The van der Waals surface area contributed by atoms with E-state index >= 15 is 0 Å². The molecule has 0 unspecified atom stereocenters. The number of fused-ring (bicyclic) bond motifs is 1. The molecule has 2 fully saturated rings. The fourth-order valence-corrected chi connectivity index (χ4v) is 9.08. The van der Waals surface area contributed by atoms with Crippen LogP contribution in [0.4, 0.5) is 16.3 Å². The van der Waals surface area contributed by atoms with Gasteiger partial charge in [-0.15, -0.1) is 0 Å². The van der Waals surface area contributed by atoms with Gasteiger partial charge in [0, 0.05) is 88.5 Å². The van der Waals surface area contributed by atoms with Gasteiger partial charge in [0.25, 0.3) is 5.91 Å². The number of aromatic amines is 1. The number of benzene rings is 3. The topological polar surface area (TPSA) is 129 Å². The predicted molar refractivity (Wildman–Crippen MR) is 242 cm³/mol. The minimum atomic E-state index is -0.613. The highest BCUT2D eigenvalue weighted by molar-refractivity contribution is 6.35.